The number of nitrogens with zero attached hydrogens (tertiary/aromatic N) is 2. The summed E-state index contributed by atoms with van der Waals surface area (Å²) < 4.78 is 4.54. The molecule has 110 valence electrons. The van der Waals surface area contributed by atoms with E-state index < -0.39 is 22.8 Å². The highest BCUT2D eigenvalue weighted by molar-refractivity contribution is 5.97. The third kappa shape index (κ3) is 4.58. The van der Waals surface area contributed by atoms with Gasteiger partial charge in [-0.15, -0.1) is 0 Å². The van der Waals surface area contributed by atoms with E-state index in [1.807, 2.05) is 6.07 Å². The summed E-state index contributed by atoms with van der Waals surface area (Å²) in [6.45, 7) is 0. The first-order valence-corrected chi connectivity index (χ1v) is 5.99. The average molecular weight is 291 g/mol. The topological polar surface area (TPSA) is 122 Å². The van der Waals surface area contributed by atoms with Crippen molar-refractivity contribution in [1.82, 2.24) is 5.32 Å². The Bertz CT molecular complexity index is 594. The van der Waals surface area contributed by atoms with Gasteiger partial charge in [-0.05, 0) is 12.5 Å². The van der Waals surface area contributed by atoms with Crippen molar-refractivity contribution in [1.29, 1.82) is 5.26 Å². The highest BCUT2D eigenvalue weighted by Crippen LogP contribution is 2.13. The molecule has 1 atom stereocenters. The van der Waals surface area contributed by atoms with E-state index in [1.165, 1.54) is 25.3 Å². The lowest BCUT2D eigenvalue weighted by Crippen LogP contribution is -2.41. The second-order valence-corrected chi connectivity index (χ2v) is 4.05. The third-order valence-corrected chi connectivity index (χ3v) is 2.66. The number of nitriles is 1. The molecular weight excluding hydrogens is 278 g/mol. The lowest BCUT2D eigenvalue weighted by atomic mass is 10.1. The van der Waals surface area contributed by atoms with Crippen LogP contribution in [0.5, 0.6) is 0 Å². The number of amides is 1. The van der Waals surface area contributed by atoms with E-state index in [4.69, 9.17) is 5.26 Å². The van der Waals surface area contributed by atoms with Crippen molar-refractivity contribution in [2.45, 2.75) is 18.9 Å². The first-order chi connectivity index (χ1) is 9.99. The molecule has 0 unspecified atom stereocenters. The molecule has 8 heteroatoms. The molecule has 8 nitrogen and oxygen atoms in total. The summed E-state index contributed by atoms with van der Waals surface area (Å²) in [6.07, 6.45) is 0.166. The largest absolute Gasteiger partial charge is 0.467 e. The molecule has 0 aliphatic carbocycles. The zero-order valence-electron chi connectivity index (χ0n) is 11.2. The van der Waals surface area contributed by atoms with Crippen LogP contribution in [0.25, 0.3) is 0 Å². The number of rotatable bonds is 6. The highest BCUT2D eigenvalue weighted by atomic mass is 16.6. The molecule has 0 aliphatic heterocycles. The minimum absolute atomic E-state index is 0.0510. The van der Waals surface area contributed by atoms with Gasteiger partial charge < -0.3 is 10.1 Å². The quantitative estimate of drug-likeness (QED) is 0.477. The average Bonchev–Trinajstić information content (AvgIpc) is 2.50. The number of methoxy groups -OCH3 is 1. The molecule has 0 saturated carbocycles. The Hall–Kier alpha value is -2.95. The van der Waals surface area contributed by atoms with Crippen molar-refractivity contribution in [3.05, 3.63) is 39.9 Å². The number of carbonyl (C=O) groups is 2. The number of nitro groups is 1. The van der Waals surface area contributed by atoms with Crippen molar-refractivity contribution in [3.8, 4) is 6.07 Å². The van der Waals surface area contributed by atoms with Gasteiger partial charge in [-0.25, -0.2) is 4.79 Å². The molecular formula is C13H13N3O5. The maximum Gasteiger partial charge on any atom is 0.328 e. The van der Waals surface area contributed by atoms with Crippen LogP contribution in [0, 0.1) is 21.4 Å². The number of hydrogen-bond acceptors (Lipinski definition) is 6. The van der Waals surface area contributed by atoms with Crippen LogP contribution < -0.4 is 5.32 Å². The summed E-state index contributed by atoms with van der Waals surface area (Å²) in [5, 5.41) is 21.6. The lowest BCUT2D eigenvalue weighted by molar-refractivity contribution is -0.384. The molecule has 0 spiro atoms. The number of nitro benzene ring substituents is 1. The number of ether oxygens (including phenoxy) is 1. The molecule has 1 amide bonds. The summed E-state index contributed by atoms with van der Waals surface area (Å²) in [5.74, 6) is -1.32. The van der Waals surface area contributed by atoms with Crippen LogP contribution in [0.2, 0.25) is 0 Å². The van der Waals surface area contributed by atoms with Crippen LogP contribution in [0.1, 0.15) is 23.2 Å². The summed E-state index contributed by atoms with van der Waals surface area (Å²) in [4.78, 5) is 33.5. The van der Waals surface area contributed by atoms with Gasteiger partial charge in [0.25, 0.3) is 11.6 Å². The van der Waals surface area contributed by atoms with E-state index >= 15 is 0 Å². The molecule has 0 saturated heterocycles. The van der Waals surface area contributed by atoms with Gasteiger partial charge in [-0.2, -0.15) is 5.26 Å². The normalized spacial score (nSPS) is 11.0. The van der Waals surface area contributed by atoms with E-state index in [-0.39, 0.29) is 24.1 Å². The summed E-state index contributed by atoms with van der Waals surface area (Å²) in [7, 11) is 1.17. The van der Waals surface area contributed by atoms with Crippen LogP contribution in [0.4, 0.5) is 5.69 Å². The van der Waals surface area contributed by atoms with Crippen molar-refractivity contribution >= 4 is 17.6 Å². The van der Waals surface area contributed by atoms with Gasteiger partial charge in [0.1, 0.15) is 6.04 Å². The van der Waals surface area contributed by atoms with Crippen LogP contribution in [-0.2, 0) is 9.53 Å². The van der Waals surface area contributed by atoms with Gasteiger partial charge in [0, 0.05) is 24.1 Å². The van der Waals surface area contributed by atoms with Gasteiger partial charge in [0.05, 0.1) is 18.1 Å². The van der Waals surface area contributed by atoms with E-state index in [9.17, 15) is 19.7 Å². The first kappa shape index (κ1) is 16.1. The first-order valence-electron chi connectivity index (χ1n) is 5.99. The monoisotopic (exact) mass is 291 g/mol. The molecule has 0 fully saturated rings. The van der Waals surface area contributed by atoms with Gasteiger partial charge in [-0.3, -0.25) is 14.9 Å². The number of nitrogens with one attached hydrogen (secondary N) is 1. The van der Waals surface area contributed by atoms with Crippen LogP contribution in [-0.4, -0.2) is 30.0 Å². The molecule has 0 radical (unpaired) electrons. The molecule has 0 aliphatic rings. The predicted molar refractivity (Wildman–Crippen MR) is 71.2 cm³/mol. The Kier molecular flexibility index (Phi) is 5.82. The molecule has 0 bridgehead atoms. The standard InChI is InChI=1S/C13H13N3O5/c1-21-13(18)11(6-3-7-14)15-12(17)9-4-2-5-10(8-9)16(19)20/h2,4-5,8,11H,3,6H2,1H3,(H,15,17)/t11-/m0/s1. The van der Waals surface area contributed by atoms with E-state index in [1.54, 1.807) is 0 Å². The molecule has 0 heterocycles. The molecule has 21 heavy (non-hydrogen) atoms. The van der Waals surface area contributed by atoms with Gasteiger partial charge in [0.2, 0.25) is 0 Å². The summed E-state index contributed by atoms with van der Waals surface area (Å²) in [5.41, 5.74) is -0.177. The minimum Gasteiger partial charge on any atom is -0.467 e. The van der Waals surface area contributed by atoms with Crippen LogP contribution >= 0.6 is 0 Å². The van der Waals surface area contributed by atoms with Gasteiger partial charge in [-0.1, -0.05) is 6.07 Å². The summed E-state index contributed by atoms with van der Waals surface area (Å²) >= 11 is 0. The lowest BCUT2D eigenvalue weighted by Gasteiger charge is -2.15. The maximum absolute atomic E-state index is 12.0. The second kappa shape index (κ2) is 7.59. The fourth-order valence-corrected chi connectivity index (χ4v) is 1.60. The fraction of sp³-hybridized carbons (Fsp3) is 0.308. The smallest absolute Gasteiger partial charge is 0.328 e. The Labute approximate surface area is 120 Å². The number of hydrogen-bond donors (Lipinski definition) is 1. The Morgan fingerprint density at radius 2 is 2.24 bits per heavy atom. The zero-order chi connectivity index (χ0) is 15.8. The van der Waals surface area contributed by atoms with E-state index in [0.29, 0.717) is 0 Å². The Morgan fingerprint density at radius 1 is 1.52 bits per heavy atom. The van der Waals surface area contributed by atoms with Gasteiger partial charge in [0.15, 0.2) is 0 Å². The molecule has 0 aromatic heterocycles. The number of esters is 1. The SMILES string of the molecule is COC(=O)[C@H](CCC#N)NC(=O)c1cccc([N+](=O)[O-])c1. The molecule has 1 rings (SSSR count). The van der Waals surface area contributed by atoms with Crippen molar-refractivity contribution in [2.24, 2.45) is 0 Å². The van der Waals surface area contributed by atoms with Crippen molar-refractivity contribution in [3.63, 3.8) is 0 Å². The fourth-order valence-electron chi connectivity index (χ4n) is 1.60. The number of benzene rings is 1. The highest BCUT2D eigenvalue weighted by Gasteiger charge is 2.22. The minimum atomic E-state index is -0.971. The number of carbonyl (C=O) groups excluding carboxylic acids is 2. The summed E-state index contributed by atoms with van der Waals surface area (Å²) in [6, 6.07) is 6.01. The molecule has 1 N–H and O–H groups in total. The van der Waals surface area contributed by atoms with Crippen molar-refractivity contribution < 1.29 is 19.2 Å². The number of non-ortho nitro benzene ring substituents is 1. The van der Waals surface area contributed by atoms with Gasteiger partial charge >= 0.3 is 5.97 Å². The van der Waals surface area contributed by atoms with Crippen LogP contribution in [0.15, 0.2) is 24.3 Å². The van der Waals surface area contributed by atoms with E-state index in [2.05, 4.69) is 10.1 Å². The Balaban J connectivity index is 2.86. The Morgan fingerprint density at radius 3 is 2.81 bits per heavy atom. The molecule has 1 aromatic carbocycles. The third-order valence-electron chi connectivity index (χ3n) is 2.66. The second-order valence-electron chi connectivity index (χ2n) is 4.05. The zero-order valence-corrected chi connectivity index (χ0v) is 11.2. The van der Waals surface area contributed by atoms with Crippen LogP contribution in [0.3, 0.4) is 0 Å². The maximum atomic E-state index is 12.0. The molecule has 1 aromatic rings. The predicted octanol–water partition coefficient (Wildman–Crippen LogP) is 1.17. The van der Waals surface area contributed by atoms with Crippen molar-refractivity contribution in [2.75, 3.05) is 7.11 Å². The van der Waals surface area contributed by atoms with E-state index in [0.717, 1.165) is 6.07 Å².